The Hall–Kier alpha value is -4.93. The van der Waals surface area contributed by atoms with Crippen LogP contribution in [0.5, 0.6) is 11.5 Å². The molecule has 3 heterocycles. The van der Waals surface area contributed by atoms with Gasteiger partial charge in [-0.15, -0.1) is 0 Å². The van der Waals surface area contributed by atoms with E-state index in [1.165, 1.54) is 12.1 Å². The second-order valence-corrected chi connectivity index (χ2v) is 8.24. The van der Waals surface area contributed by atoms with Crippen LogP contribution in [0.1, 0.15) is 34.8 Å². The molecule has 2 aliphatic rings. The molecule has 182 valence electrons. The second kappa shape index (κ2) is 9.02. The Balaban J connectivity index is 1.28. The minimum Gasteiger partial charge on any atom is -0.479 e. The molecule has 0 aliphatic carbocycles. The van der Waals surface area contributed by atoms with Crippen LogP contribution < -0.4 is 30.7 Å². The van der Waals surface area contributed by atoms with E-state index in [0.717, 1.165) is 0 Å². The summed E-state index contributed by atoms with van der Waals surface area (Å²) in [4.78, 5) is 53.4. The van der Waals surface area contributed by atoms with E-state index < -0.39 is 24.0 Å². The number of anilines is 4. The van der Waals surface area contributed by atoms with E-state index in [1.54, 1.807) is 56.3 Å². The third kappa shape index (κ3) is 4.53. The highest BCUT2D eigenvalue weighted by atomic mass is 16.5. The van der Waals surface area contributed by atoms with Crippen molar-refractivity contribution in [2.75, 3.05) is 21.3 Å². The van der Waals surface area contributed by atoms with E-state index in [1.807, 2.05) is 0 Å². The molecule has 0 fully saturated rings. The molecule has 11 nitrogen and oxygen atoms in total. The smallest absolute Gasteiger partial charge is 0.274 e. The van der Waals surface area contributed by atoms with Gasteiger partial charge in [-0.3, -0.25) is 19.2 Å². The number of benzene rings is 2. The van der Waals surface area contributed by atoms with Crippen LogP contribution in [0.4, 0.5) is 22.7 Å². The minimum absolute atomic E-state index is 0.0226. The summed E-state index contributed by atoms with van der Waals surface area (Å²) in [7, 11) is 0. The van der Waals surface area contributed by atoms with Crippen molar-refractivity contribution in [1.82, 2.24) is 4.98 Å². The monoisotopic (exact) mass is 487 g/mol. The molecule has 3 aromatic rings. The SMILES string of the molecule is CC1Oc2ccc(NC(=O)c3cccc(C(=O)Nc4ccc5c(c4)NC(=O)C(C)O5)n3)cc2NC1=O. The Bertz CT molecular complexity index is 1320. The summed E-state index contributed by atoms with van der Waals surface area (Å²) in [5, 5.41) is 10.8. The molecular formula is C25H21N5O6. The summed E-state index contributed by atoms with van der Waals surface area (Å²) in [6, 6.07) is 14.2. The first-order valence-corrected chi connectivity index (χ1v) is 11.1. The highest BCUT2D eigenvalue weighted by Gasteiger charge is 2.25. The van der Waals surface area contributed by atoms with Crippen molar-refractivity contribution in [3.63, 3.8) is 0 Å². The maximum Gasteiger partial charge on any atom is 0.274 e. The van der Waals surface area contributed by atoms with E-state index in [4.69, 9.17) is 9.47 Å². The molecule has 1 aromatic heterocycles. The number of ether oxygens (including phenoxy) is 2. The predicted octanol–water partition coefficient (Wildman–Crippen LogP) is 3.03. The number of hydrogen-bond acceptors (Lipinski definition) is 7. The fourth-order valence-corrected chi connectivity index (χ4v) is 3.65. The number of aromatic nitrogens is 1. The molecule has 0 saturated carbocycles. The Labute approximate surface area is 205 Å². The lowest BCUT2D eigenvalue weighted by Crippen LogP contribution is -2.34. The van der Waals surface area contributed by atoms with Gasteiger partial charge in [-0.1, -0.05) is 6.07 Å². The largest absolute Gasteiger partial charge is 0.479 e. The molecule has 2 unspecified atom stereocenters. The number of hydrogen-bond donors (Lipinski definition) is 4. The highest BCUT2D eigenvalue weighted by molar-refractivity contribution is 6.07. The number of carbonyl (C=O) groups is 4. The molecule has 0 saturated heterocycles. The maximum atomic E-state index is 12.8. The molecule has 4 N–H and O–H groups in total. The lowest BCUT2D eigenvalue weighted by molar-refractivity contribution is -0.123. The standard InChI is InChI=1S/C25H21N5O6/c1-12-22(31)29-18-10-14(6-8-20(18)35-12)26-24(33)16-4-3-5-17(28-16)25(34)27-15-7-9-21-19(11-15)30-23(32)13(2)36-21/h3-13H,1-2H3,(H,26,33)(H,27,34)(H,29,31)(H,30,32). The molecule has 0 bridgehead atoms. The molecular weight excluding hydrogens is 466 g/mol. The summed E-state index contributed by atoms with van der Waals surface area (Å²) >= 11 is 0. The van der Waals surface area contributed by atoms with E-state index in [2.05, 4.69) is 26.3 Å². The zero-order valence-electron chi connectivity index (χ0n) is 19.2. The second-order valence-electron chi connectivity index (χ2n) is 8.24. The first kappa shape index (κ1) is 22.8. The quantitative estimate of drug-likeness (QED) is 0.442. The molecule has 11 heteroatoms. The topological polar surface area (TPSA) is 148 Å². The van der Waals surface area contributed by atoms with E-state index in [0.29, 0.717) is 34.2 Å². The lowest BCUT2D eigenvalue weighted by Gasteiger charge is -2.23. The van der Waals surface area contributed by atoms with Crippen LogP contribution in [0.25, 0.3) is 0 Å². The summed E-state index contributed by atoms with van der Waals surface area (Å²) in [5.41, 5.74) is 1.77. The summed E-state index contributed by atoms with van der Waals surface area (Å²) in [6.45, 7) is 3.28. The molecule has 2 aliphatic heterocycles. The van der Waals surface area contributed by atoms with Crippen LogP contribution in [0.15, 0.2) is 54.6 Å². The number of nitrogens with one attached hydrogen (secondary N) is 4. The van der Waals surface area contributed by atoms with E-state index in [-0.39, 0.29) is 23.2 Å². The molecule has 0 spiro atoms. The normalized spacial score (nSPS) is 17.8. The van der Waals surface area contributed by atoms with Crippen LogP contribution >= 0.6 is 0 Å². The minimum atomic E-state index is -0.604. The van der Waals surface area contributed by atoms with Gasteiger partial charge >= 0.3 is 0 Å². The average molecular weight is 487 g/mol. The van der Waals surface area contributed by atoms with Crippen molar-refractivity contribution >= 4 is 46.4 Å². The van der Waals surface area contributed by atoms with Gasteiger partial charge in [0.1, 0.15) is 22.9 Å². The number of pyridine rings is 1. The molecule has 2 aromatic carbocycles. The van der Waals surface area contributed by atoms with Gasteiger partial charge in [-0.05, 0) is 62.4 Å². The van der Waals surface area contributed by atoms with Crippen LogP contribution in [0.2, 0.25) is 0 Å². The first-order chi connectivity index (χ1) is 17.3. The van der Waals surface area contributed by atoms with E-state index in [9.17, 15) is 19.2 Å². The number of carbonyl (C=O) groups excluding carboxylic acids is 4. The molecule has 4 amide bonds. The summed E-state index contributed by atoms with van der Waals surface area (Å²) < 4.78 is 11.0. The van der Waals surface area contributed by atoms with Gasteiger partial charge in [0, 0.05) is 11.4 Å². The zero-order chi connectivity index (χ0) is 25.4. The highest BCUT2D eigenvalue weighted by Crippen LogP contribution is 2.33. The number of fused-ring (bicyclic) bond motifs is 2. The van der Waals surface area contributed by atoms with Gasteiger partial charge < -0.3 is 30.7 Å². The van der Waals surface area contributed by atoms with Gasteiger partial charge in [-0.25, -0.2) is 4.98 Å². The van der Waals surface area contributed by atoms with Gasteiger partial charge in [0.25, 0.3) is 23.6 Å². The van der Waals surface area contributed by atoms with Gasteiger partial charge in [0.05, 0.1) is 11.4 Å². The average Bonchev–Trinajstić information content (AvgIpc) is 2.86. The van der Waals surface area contributed by atoms with Crippen molar-refractivity contribution in [2.45, 2.75) is 26.1 Å². The first-order valence-electron chi connectivity index (χ1n) is 11.1. The van der Waals surface area contributed by atoms with Gasteiger partial charge in [-0.2, -0.15) is 0 Å². The molecule has 36 heavy (non-hydrogen) atoms. The van der Waals surface area contributed by atoms with Gasteiger partial charge in [0.2, 0.25) is 0 Å². The Morgan fingerprint density at radius 3 is 1.64 bits per heavy atom. The third-order valence-electron chi connectivity index (χ3n) is 5.55. The lowest BCUT2D eigenvalue weighted by atomic mass is 10.2. The zero-order valence-corrected chi connectivity index (χ0v) is 19.2. The Morgan fingerprint density at radius 2 is 1.19 bits per heavy atom. The van der Waals surface area contributed by atoms with Crippen molar-refractivity contribution in [3.8, 4) is 11.5 Å². The van der Waals surface area contributed by atoms with Crippen molar-refractivity contribution in [2.24, 2.45) is 0 Å². The number of amides is 4. The van der Waals surface area contributed by atoms with Crippen LogP contribution in [0, 0.1) is 0 Å². The van der Waals surface area contributed by atoms with E-state index >= 15 is 0 Å². The number of rotatable bonds is 4. The fourth-order valence-electron chi connectivity index (χ4n) is 3.65. The molecule has 0 radical (unpaired) electrons. The third-order valence-corrected chi connectivity index (χ3v) is 5.55. The predicted molar refractivity (Wildman–Crippen MR) is 130 cm³/mol. The Morgan fingerprint density at radius 1 is 0.750 bits per heavy atom. The fraction of sp³-hybridized carbons (Fsp3) is 0.160. The molecule has 5 rings (SSSR count). The van der Waals surface area contributed by atoms with Gasteiger partial charge in [0.15, 0.2) is 12.2 Å². The van der Waals surface area contributed by atoms with Crippen LogP contribution in [-0.2, 0) is 9.59 Å². The number of nitrogens with zero attached hydrogens (tertiary/aromatic N) is 1. The summed E-state index contributed by atoms with van der Waals surface area (Å²) in [6.07, 6.45) is -1.21. The van der Waals surface area contributed by atoms with Crippen molar-refractivity contribution in [1.29, 1.82) is 0 Å². The van der Waals surface area contributed by atoms with Crippen molar-refractivity contribution in [3.05, 3.63) is 66.0 Å². The van der Waals surface area contributed by atoms with Crippen LogP contribution in [0.3, 0.4) is 0 Å². The summed E-state index contributed by atoms with van der Waals surface area (Å²) in [5.74, 6) is -0.642. The van der Waals surface area contributed by atoms with Crippen LogP contribution in [-0.4, -0.2) is 40.8 Å². The Kier molecular flexibility index (Phi) is 5.72. The molecule has 2 atom stereocenters. The van der Waals surface area contributed by atoms with Crippen molar-refractivity contribution < 1.29 is 28.7 Å². The maximum absolute atomic E-state index is 12.8.